The number of hydrogen-bond acceptors (Lipinski definition) is 2. The van der Waals surface area contributed by atoms with E-state index in [1.807, 2.05) is 6.92 Å². The summed E-state index contributed by atoms with van der Waals surface area (Å²) in [6, 6.07) is 9.88. The molecule has 0 aliphatic carbocycles. The summed E-state index contributed by atoms with van der Waals surface area (Å²) in [6.07, 6.45) is -0.215. The molecule has 106 valence electrons. The van der Waals surface area contributed by atoms with Crippen molar-refractivity contribution >= 4 is 0 Å². The maximum atomic E-state index is 13.2. The van der Waals surface area contributed by atoms with E-state index in [1.54, 1.807) is 24.3 Å². The van der Waals surface area contributed by atoms with Crippen molar-refractivity contribution in [3.63, 3.8) is 0 Å². The summed E-state index contributed by atoms with van der Waals surface area (Å²) in [7, 11) is 0. The maximum Gasteiger partial charge on any atom is 0.126 e. The van der Waals surface area contributed by atoms with Gasteiger partial charge in [-0.25, -0.2) is 8.78 Å². The largest absolute Gasteiger partial charge is 0.494 e. The van der Waals surface area contributed by atoms with Crippen LogP contribution in [0.2, 0.25) is 0 Å². The van der Waals surface area contributed by atoms with Crippen molar-refractivity contribution in [1.82, 2.24) is 0 Å². The van der Waals surface area contributed by atoms with E-state index in [-0.39, 0.29) is 5.56 Å². The standard InChI is InChI=1S/C16H16F2O2/c1-2-6-20-15-5-3-4-11(9-15)16(19)12-7-13(17)10-14(18)8-12/h3-5,7-10,16,19H,2,6H2,1H3. The minimum Gasteiger partial charge on any atom is -0.494 e. The Labute approximate surface area is 116 Å². The molecule has 2 aromatic carbocycles. The van der Waals surface area contributed by atoms with Crippen LogP contribution in [0.15, 0.2) is 42.5 Å². The highest BCUT2D eigenvalue weighted by molar-refractivity contribution is 5.35. The second-order valence-corrected chi connectivity index (χ2v) is 4.53. The molecule has 2 rings (SSSR count). The van der Waals surface area contributed by atoms with Crippen molar-refractivity contribution in [2.75, 3.05) is 6.61 Å². The molecule has 0 aromatic heterocycles. The van der Waals surface area contributed by atoms with Gasteiger partial charge in [0.1, 0.15) is 23.5 Å². The van der Waals surface area contributed by atoms with Crippen LogP contribution < -0.4 is 4.74 Å². The van der Waals surface area contributed by atoms with Gasteiger partial charge in [0.25, 0.3) is 0 Å². The lowest BCUT2D eigenvalue weighted by Gasteiger charge is -2.13. The SMILES string of the molecule is CCCOc1cccc(C(O)c2cc(F)cc(F)c2)c1. The molecule has 0 fully saturated rings. The van der Waals surface area contributed by atoms with E-state index in [9.17, 15) is 13.9 Å². The highest BCUT2D eigenvalue weighted by Gasteiger charge is 2.13. The third kappa shape index (κ3) is 3.54. The molecule has 0 bridgehead atoms. The van der Waals surface area contributed by atoms with Gasteiger partial charge >= 0.3 is 0 Å². The van der Waals surface area contributed by atoms with Crippen molar-refractivity contribution in [3.8, 4) is 5.75 Å². The van der Waals surface area contributed by atoms with Gasteiger partial charge in [0, 0.05) is 6.07 Å². The molecule has 2 aromatic rings. The van der Waals surface area contributed by atoms with Crippen LogP contribution in [0, 0.1) is 11.6 Å². The minimum atomic E-state index is -1.09. The quantitative estimate of drug-likeness (QED) is 0.900. The zero-order chi connectivity index (χ0) is 14.5. The molecule has 1 unspecified atom stereocenters. The molecule has 0 aliphatic heterocycles. The monoisotopic (exact) mass is 278 g/mol. The molecule has 0 aliphatic rings. The van der Waals surface area contributed by atoms with E-state index >= 15 is 0 Å². The van der Waals surface area contributed by atoms with Crippen LogP contribution in [0.4, 0.5) is 8.78 Å². The van der Waals surface area contributed by atoms with Gasteiger partial charge in [-0.05, 0) is 41.8 Å². The van der Waals surface area contributed by atoms with E-state index in [4.69, 9.17) is 4.74 Å². The lowest BCUT2D eigenvalue weighted by molar-refractivity contribution is 0.218. The Morgan fingerprint density at radius 2 is 1.75 bits per heavy atom. The molecule has 20 heavy (non-hydrogen) atoms. The van der Waals surface area contributed by atoms with Crippen LogP contribution in [0.1, 0.15) is 30.6 Å². The minimum absolute atomic E-state index is 0.176. The second-order valence-electron chi connectivity index (χ2n) is 4.53. The average Bonchev–Trinajstić information content (AvgIpc) is 2.43. The van der Waals surface area contributed by atoms with E-state index in [2.05, 4.69) is 0 Å². The Kier molecular flexibility index (Phi) is 4.69. The summed E-state index contributed by atoms with van der Waals surface area (Å²) in [5.41, 5.74) is 0.707. The highest BCUT2D eigenvalue weighted by Crippen LogP contribution is 2.26. The molecule has 0 radical (unpaired) electrons. The highest BCUT2D eigenvalue weighted by atomic mass is 19.1. The molecule has 1 N–H and O–H groups in total. The van der Waals surface area contributed by atoms with Crippen LogP contribution in [0.25, 0.3) is 0 Å². The van der Waals surface area contributed by atoms with Crippen molar-refractivity contribution in [3.05, 3.63) is 65.2 Å². The number of ether oxygens (including phenoxy) is 1. The van der Waals surface area contributed by atoms with Gasteiger partial charge in [0.15, 0.2) is 0 Å². The first kappa shape index (κ1) is 14.5. The number of benzene rings is 2. The summed E-state index contributed by atoms with van der Waals surface area (Å²) in [5, 5.41) is 10.2. The summed E-state index contributed by atoms with van der Waals surface area (Å²) in [4.78, 5) is 0. The number of aliphatic hydroxyl groups excluding tert-OH is 1. The topological polar surface area (TPSA) is 29.5 Å². The molecular weight excluding hydrogens is 262 g/mol. The smallest absolute Gasteiger partial charge is 0.126 e. The molecule has 1 atom stereocenters. The van der Waals surface area contributed by atoms with Crippen LogP contribution >= 0.6 is 0 Å². The molecule has 0 amide bonds. The Hall–Kier alpha value is -1.94. The number of hydrogen-bond donors (Lipinski definition) is 1. The summed E-state index contributed by atoms with van der Waals surface area (Å²) in [5.74, 6) is -0.796. The maximum absolute atomic E-state index is 13.2. The first-order valence-electron chi connectivity index (χ1n) is 6.47. The van der Waals surface area contributed by atoms with Gasteiger partial charge in [-0.1, -0.05) is 19.1 Å². The van der Waals surface area contributed by atoms with Gasteiger partial charge < -0.3 is 9.84 Å². The summed E-state index contributed by atoms with van der Waals surface area (Å²) >= 11 is 0. The predicted octanol–water partition coefficient (Wildman–Crippen LogP) is 3.84. The first-order chi connectivity index (χ1) is 9.60. The van der Waals surface area contributed by atoms with Gasteiger partial charge in [0.2, 0.25) is 0 Å². The normalized spacial score (nSPS) is 12.2. The van der Waals surface area contributed by atoms with Crippen LogP contribution in [-0.4, -0.2) is 11.7 Å². The Morgan fingerprint density at radius 3 is 2.40 bits per heavy atom. The van der Waals surface area contributed by atoms with Crippen molar-refractivity contribution in [2.45, 2.75) is 19.4 Å². The zero-order valence-electron chi connectivity index (χ0n) is 11.1. The van der Waals surface area contributed by atoms with Crippen molar-refractivity contribution < 1.29 is 18.6 Å². The molecule has 0 saturated heterocycles. The fourth-order valence-electron chi connectivity index (χ4n) is 1.92. The van der Waals surface area contributed by atoms with Crippen LogP contribution in [-0.2, 0) is 0 Å². The second kappa shape index (κ2) is 6.48. The lowest BCUT2D eigenvalue weighted by atomic mass is 10.0. The fraction of sp³-hybridized carbons (Fsp3) is 0.250. The number of rotatable bonds is 5. The van der Waals surface area contributed by atoms with E-state index in [1.165, 1.54) is 0 Å². The third-order valence-electron chi connectivity index (χ3n) is 2.85. The van der Waals surface area contributed by atoms with Gasteiger partial charge in [-0.3, -0.25) is 0 Å². The van der Waals surface area contributed by atoms with E-state index < -0.39 is 17.7 Å². The zero-order valence-corrected chi connectivity index (χ0v) is 11.1. The first-order valence-corrected chi connectivity index (χ1v) is 6.47. The molecular formula is C16H16F2O2. The van der Waals surface area contributed by atoms with Gasteiger partial charge in [-0.15, -0.1) is 0 Å². The molecule has 0 heterocycles. The lowest BCUT2D eigenvalue weighted by Crippen LogP contribution is -2.02. The van der Waals surface area contributed by atoms with E-state index in [0.29, 0.717) is 17.9 Å². The van der Waals surface area contributed by atoms with Crippen molar-refractivity contribution in [2.24, 2.45) is 0 Å². The number of halogens is 2. The number of aliphatic hydroxyl groups is 1. The fourth-order valence-corrected chi connectivity index (χ4v) is 1.92. The summed E-state index contributed by atoms with van der Waals surface area (Å²) in [6.45, 7) is 2.57. The summed E-state index contributed by atoms with van der Waals surface area (Å²) < 4.78 is 31.8. The third-order valence-corrected chi connectivity index (χ3v) is 2.85. The van der Waals surface area contributed by atoms with Gasteiger partial charge in [-0.2, -0.15) is 0 Å². The Balaban J connectivity index is 2.25. The average molecular weight is 278 g/mol. The van der Waals surface area contributed by atoms with E-state index in [0.717, 1.165) is 24.6 Å². The van der Waals surface area contributed by atoms with Crippen LogP contribution in [0.5, 0.6) is 5.75 Å². The molecule has 4 heteroatoms. The van der Waals surface area contributed by atoms with Gasteiger partial charge in [0.05, 0.1) is 6.61 Å². The molecule has 2 nitrogen and oxygen atoms in total. The Bertz CT molecular complexity index is 564. The molecule has 0 spiro atoms. The Morgan fingerprint density at radius 1 is 1.05 bits per heavy atom. The molecule has 0 saturated carbocycles. The van der Waals surface area contributed by atoms with Crippen molar-refractivity contribution in [1.29, 1.82) is 0 Å². The predicted molar refractivity (Wildman–Crippen MR) is 72.6 cm³/mol. The van der Waals surface area contributed by atoms with Crippen LogP contribution in [0.3, 0.4) is 0 Å².